The number of aliphatic imine (C=N–C) groups is 1. The summed E-state index contributed by atoms with van der Waals surface area (Å²) >= 11 is 1.86. The predicted molar refractivity (Wildman–Crippen MR) is 120 cm³/mol. The first-order chi connectivity index (χ1) is 11.7. The molecule has 0 aliphatic heterocycles. The number of thioether (sulfide) groups is 1. The van der Waals surface area contributed by atoms with E-state index in [1.807, 2.05) is 11.8 Å². The molecule has 0 fully saturated rings. The summed E-state index contributed by atoms with van der Waals surface area (Å²) in [7, 11) is 3.50. The number of ether oxygens (including phenoxy) is 2. The van der Waals surface area contributed by atoms with E-state index in [1.54, 1.807) is 14.2 Å². The molecule has 144 valence electrons. The lowest BCUT2D eigenvalue weighted by atomic mass is 10.1. The maximum Gasteiger partial charge on any atom is 0.191 e. The Bertz CT molecular complexity index is 501. The summed E-state index contributed by atoms with van der Waals surface area (Å²) in [5.41, 5.74) is 2.32. The molecule has 0 aliphatic carbocycles. The predicted octanol–water partition coefficient (Wildman–Crippen LogP) is 3.45. The van der Waals surface area contributed by atoms with Crippen LogP contribution < -0.4 is 15.4 Å². The highest BCUT2D eigenvalue weighted by Gasteiger charge is 2.06. The van der Waals surface area contributed by atoms with Crippen molar-refractivity contribution in [2.45, 2.75) is 26.3 Å². The molecule has 0 spiro atoms. The van der Waals surface area contributed by atoms with Crippen LogP contribution in [0.2, 0.25) is 0 Å². The molecular formula is C18H32IN3O2S. The molecule has 0 aromatic heterocycles. The Labute approximate surface area is 173 Å². The molecule has 7 heteroatoms. The zero-order valence-electron chi connectivity index (χ0n) is 15.8. The normalized spacial score (nSPS) is 11.0. The van der Waals surface area contributed by atoms with Gasteiger partial charge in [0.2, 0.25) is 0 Å². The summed E-state index contributed by atoms with van der Waals surface area (Å²) in [6.07, 6.45) is 4.13. The number of halogens is 1. The third-order valence-corrected chi connectivity index (χ3v) is 4.16. The number of rotatable bonds is 11. The minimum absolute atomic E-state index is 0. The van der Waals surface area contributed by atoms with Crippen molar-refractivity contribution < 1.29 is 9.47 Å². The van der Waals surface area contributed by atoms with Crippen molar-refractivity contribution in [3.05, 3.63) is 29.3 Å². The lowest BCUT2D eigenvalue weighted by Crippen LogP contribution is -2.37. The van der Waals surface area contributed by atoms with Crippen LogP contribution in [0.4, 0.5) is 0 Å². The molecule has 0 unspecified atom stereocenters. The van der Waals surface area contributed by atoms with E-state index in [0.29, 0.717) is 19.8 Å². The minimum atomic E-state index is 0. The van der Waals surface area contributed by atoms with Gasteiger partial charge in [0.05, 0.1) is 6.61 Å². The Hall–Kier alpha value is -0.670. The SMILES string of the molecule is CN=C(NCCCSC)NCc1ccc(C)cc1OCCCOC.I. The van der Waals surface area contributed by atoms with Gasteiger partial charge in [0, 0.05) is 45.8 Å². The summed E-state index contributed by atoms with van der Waals surface area (Å²) in [6, 6.07) is 6.29. The summed E-state index contributed by atoms with van der Waals surface area (Å²) in [5.74, 6) is 2.90. The average molecular weight is 481 g/mol. The van der Waals surface area contributed by atoms with E-state index >= 15 is 0 Å². The van der Waals surface area contributed by atoms with Gasteiger partial charge in [-0.3, -0.25) is 4.99 Å². The van der Waals surface area contributed by atoms with E-state index in [1.165, 1.54) is 5.56 Å². The molecule has 0 saturated heterocycles. The first kappa shape index (κ1) is 24.3. The lowest BCUT2D eigenvalue weighted by Gasteiger charge is -2.15. The average Bonchev–Trinajstić information content (AvgIpc) is 2.59. The van der Waals surface area contributed by atoms with Crippen molar-refractivity contribution in [2.75, 3.05) is 45.9 Å². The van der Waals surface area contributed by atoms with Gasteiger partial charge in [0.15, 0.2) is 5.96 Å². The van der Waals surface area contributed by atoms with Crippen molar-refractivity contribution in [1.82, 2.24) is 10.6 Å². The molecule has 0 bridgehead atoms. The summed E-state index contributed by atoms with van der Waals surface area (Å²) < 4.78 is 11.0. The van der Waals surface area contributed by atoms with Crippen LogP contribution in [0.5, 0.6) is 5.75 Å². The molecule has 1 aromatic carbocycles. The second-order valence-electron chi connectivity index (χ2n) is 5.50. The van der Waals surface area contributed by atoms with Crippen LogP contribution in [0.25, 0.3) is 0 Å². The Morgan fingerprint density at radius 2 is 2.00 bits per heavy atom. The van der Waals surface area contributed by atoms with Gasteiger partial charge in [-0.1, -0.05) is 12.1 Å². The fraction of sp³-hybridized carbons (Fsp3) is 0.611. The van der Waals surface area contributed by atoms with Crippen molar-refractivity contribution in [3.63, 3.8) is 0 Å². The van der Waals surface area contributed by atoms with Crippen LogP contribution in [0, 0.1) is 6.92 Å². The van der Waals surface area contributed by atoms with Gasteiger partial charge in [-0.15, -0.1) is 24.0 Å². The van der Waals surface area contributed by atoms with E-state index in [9.17, 15) is 0 Å². The summed E-state index contributed by atoms with van der Waals surface area (Å²) in [6.45, 7) is 5.06. The molecular weight excluding hydrogens is 449 g/mol. The first-order valence-corrected chi connectivity index (χ1v) is 9.75. The Kier molecular flexibility index (Phi) is 15.2. The molecule has 0 amide bonds. The van der Waals surface area contributed by atoms with Gasteiger partial charge in [-0.05, 0) is 37.0 Å². The smallest absolute Gasteiger partial charge is 0.191 e. The monoisotopic (exact) mass is 481 g/mol. The van der Waals surface area contributed by atoms with Gasteiger partial charge in [0.1, 0.15) is 5.75 Å². The highest BCUT2D eigenvalue weighted by atomic mass is 127. The van der Waals surface area contributed by atoms with Gasteiger partial charge < -0.3 is 20.1 Å². The molecule has 25 heavy (non-hydrogen) atoms. The quantitative estimate of drug-likeness (QED) is 0.220. The third kappa shape index (κ3) is 10.8. The molecule has 1 rings (SSSR count). The number of benzene rings is 1. The standard InChI is InChI=1S/C18H31N3O2S.HI/c1-15-7-8-16(17(13-15)23-11-6-10-22-3)14-21-18(19-2)20-9-5-12-24-4;/h7-8,13H,5-6,9-12,14H2,1-4H3,(H2,19,20,21);1H. The number of nitrogens with zero attached hydrogens (tertiary/aromatic N) is 1. The number of methoxy groups -OCH3 is 1. The molecule has 2 N–H and O–H groups in total. The second-order valence-corrected chi connectivity index (χ2v) is 6.49. The number of guanidine groups is 1. The highest BCUT2D eigenvalue weighted by Crippen LogP contribution is 2.20. The lowest BCUT2D eigenvalue weighted by molar-refractivity contribution is 0.172. The van der Waals surface area contributed by atoms with E-state index in [0.717, 1.165) is 42.4 Å². The zero-order valence-corrected chi connectivity index (χ0v) is 18.9. The van der Waals surface area contributed by atoms with Crippen LogP contribution >= 0.6 is 35.7 Å². The van der Waals surface area contributed by atoms with E-state index in [4.69, 9.17) is 9.47 Å². The zero-order chi connectivity index (χ0) is 17.6. The highest BCUT2D eigenvalue weighted by molar-refractivity contribution is 14.0. The van der Waals surface area contributed by atoms with Crippen LogP contribution in [-0.4, -0.2) is 51.9 Å². The molecule has 5 nitrogen and oxygen atoms in total. The molecule has 1 aromatic rings. The Morgan fingerprint density at radius 1 is 1.20 bits per heavy atom. The van der Waals surface area contributed by atoms with Crippen LogP contribution in [0.3, 0.4) is 0 Å². The van der Waals surface area contributed by atoms with Gasteiger partial charge in [-0.2, -0.15) is 11.8 Å². The topological polar surface area (TPSA) is 54.9 Å². The van der Waals surface area contributed by atoms with E-state index in [2.05, 4.69) is 47.0 Å². The fourth-order valence-corrected chi connectivity index (χ4v) is 2.58. The largest absolute Gasteiger partial charge is 0.493 e. The van der Waals surface area contributed by atoms with Gasteiger partial charge >= 0.3 is 0 Å². The number of hydrogen-bond donors (Lipinski definition) is 2. The second kappa shape index (κ2) is 15.6. The number of nitrogens with one attached hydrogen (secondary N) is 2. The molecule has 0 saturated carbocycles. The molecule has 0 radical (unpaired) electrons. The van der Waals surface area contributed by atoms with Gasteiger partial charge in [0.25, 0.3) is 0 Å². The summed E-state index contributed by atoms with van der Waals surface area (Å²) in [5, 5.41) is 6.68. The maximum atomic E-state index is 5.92. The van der Waals surface area contributed by atoms with Crippen molar-refractivity contribution in [1.29, 1.82) is 0 Å². The number of hydrogen-bond acceptors (Lipinski definition) is 4. The third-order valence-electron chi connectivity index (χ3n) is 3.46. The van der Waals surface area contributed by atoms with Crippen LogP contribution in [0.15, 0.2) is 23.2 Å². The van der Waals surface area contributed by atoms with Crippen LogP contribution in [-0.2, 0) is 11.3 Å². The van der Waals surface area contributed by atoms with Crippen molar-refractivity contribution in [3.8, 4) is 5.75 Å². The minimum Gasteiger partial charge on any atom is -0.493 e. The maximum absolute atomic E-state index is 5.92. The Morgan fingerprint density at radius 3 is 2.68 bits per heavy atom. The van der Waals surface area contributed by atoms with Crippen molar-refractivity contribution >= 4 is 41.7 Å². The van der Waals surface area contributed by atoms with Gasteiger partial charge in [-0.25, -0.2) is 0 Å². The number of aryl methyl sites for hydroxylation is 1. The van der Waals surface area contributed by atoms with Crippen molar-refractivity contribution in [2.24, 2.45) is 4.99 Å². The molecule has 0 aliphatic rings. The molecule has 0 heterocycles. The Balaban J connectivity index is 0.00000576. The fourth-order valence-electron chi connectivity index (χ4n) is 2.15. The summed E-state index contributed by atoms with van der Waals surface area (Å²) in [4.78, 5) is 4.26. The van der Waals surface area contributed by atoms with Crippen LogP contribution in [0.1, 0.15) is 24.0 Å². The van der Waals surface area contributed by atoms with E-state index < -0.39 is 0 Å². The first-order valence-electron chi connectivity index (χ1n) is 8.36. The van der Waals surface area contributed by atoms with E-state index in [-0.39, 0.29) is 24.0 Å². The molecule has 0 atom stereocenters.